The molecule has 1 atom stereocenters. The summed E-state index contributed by atoms with van der Waals surface area (Å²) in [7, 11) is -3.34. The lowest BCUT2D eigenvalue weighted by Crippen LogP contribution is -2.30. The first-order valence-electron chi connectivity index (χ1n) is 7.43. The summed E-state index contributed by atoms with van der Waals surface area (Å²) in [6.07, 6.45) is 5.33. The third-order valence-corrected chi connectivity index (χ3v) is 6.40. The largest absolute Gasteiger partial charge is 0.330 e. The fourth-order valence-electron chi connectivity index (χ4n) is 3.23. The smallest absolute Gasteiger partial charge is 0.243 e. The lowest BCUT2D eigenvalue weighted by molar-refractivity contribution is 0.459. The highest BCUT2D eigenvalue weighted by atomic mass is 32.2. The number of fused-ring (bicyclic) bond motifs is 1. The summed E-state index contributed by atoms with van der Waals surface area (Å²) >= 11 is 0. The van der Waals surface area contributed by atoms with Gasteiger partial charge in [-0.25, -0.2) is 8.42 Å². The van der Waals surface area contributed by atoms with Gasteiger partial charge in [-0.05, 0) is 67.8 Å². The molecular weight excluding hydrogens is 272 g/mol. The lowest BCUT2D eigenvalue weighted by atomic mass is 9.92. The van der Waals surface area contributed by atoms with Crippen molar-refractivity contribution in [3.8, 4) is 0 Å². The summed E-state index contributed by atoms with van der Waals surface area (Å²) in [5.74, 6) is 0.308. The molecule has 1 aromatic rings. The molecule has 1 aromatic carbocycles. The molecule has 1 heterocycles. The van der Waals surface area contributed by atoms with E-state index in [9.17, 15) is 8.42 Å². The minimum atomic E-state index is -3.34. The maximum atomic E-state index is 12.7. The predicted octanol–water partition coefficient (Wildman–Crippen LogP) is 1.53. The van der Waals surface area contributed by atoms with Crippen molar-refractivity contribution >= 4 is 10.0 Å². The molecule has 1 saturated heterocycles. The van der Waals surface area contributed by atoms with Crippen LogP contribution in [-0.2, 0) is 22.9 Å². The molecule has 1 unspecified atom stereocenters. The number of hydrogen-bond donors (Lipinski definition) is 1. The van der Waals surface area contributed by atoms with Gasteiger partial charge < -0.3 is 5.73 Å². The first-order valence-corrected chi connectivity index (χ1v) is 8.87. The van der Waals surface area contributed by atoms with Crippen LogP contribution in [0, 0.1) is 5.92 Å². The molecule has 3 rings (SSSR count). The first kappa shape index (κ1) is 14.0. The third-order valence-electron chi connectivity index (χ3n) is 4.54. The second-order valence-corrected chi connectivity index (χ2v) is 7.83. The quantitative estimate of drug-likeness (QED) is 0.919. The molecule has 0 aromatic heterocycles. The van der Waals surface area contributed by atoms with Gasteiger partial charge in [0.15, 0.2) is 0 Å². The highest BCUT2D eigenvalue weighted by molar-refractivity contribution is 7.89. The number of rotatable bonds is 3. The normalized spacial score (nSPS) is 23.8. The first-order chi connectivity index (χ1) is 9.61. The van der Waals surface area contributed by atoms with Crippen LogP contribution in [0.1, 0.15) is 30.4 Å². The average molecular weight is 294 g/mol. The summed E-state index contributed by atoms with van der Waals surface area (Å²) in [6, 6.07) is 5.66. The maximum Gasteiger partial charge on any atom is 0.243 e. The van der Waals surface area contributed by atoms with Crippen LogP contribution in [0.15, 0.2) is 23.1 Å². The highest BCUT2D eigenvalue weighted by Crippen LogP contribution is 2.28. The summed E-state index contributed by atoms with van der Waals surface area (Å²) in [5.41, 5.74) is 8.18. The topological polar surface area (TPSA) is 63.4 Å². The lowest BCUT2D eigenvalue weighted by Gasteiger charge is -2.20. The van der Waals surface area contributed by atoms with Crippen molar-refractivity contribution in [2.45, 2.75) is 37.0 Å². The number of sulfonamides is 1. The Morgan fingerprint density at radius 3 is 2.65 bits per heavy atom. The van der Waals surface area contributed by atoms with Crippen molar-refractivity contribution in [1.29, 1.82) is 0 Å². The SMILES string of the molecule is NCC1CCN(S(=O)(=O)c2ccc3c(c2)CCCC3)C1. The van der Waals surface area contributed by atoms with E-state index in [1.807, 2.05) is 12.1 Å². The van der Waals surface area contributed by atoms with Crippen LogP contribution < -0.4 is 5.73 Å². The Labute approximate surface area is 121 Å². The Balaban J connectivity index is 1.88. The molecule has 2 N–H and O–H groups in total. The molecule has 0 spiro atoms. The fourth-order valence-corrected chi connectivity index (χ4v) is 4.81. The molecule has 5 heteroatoms. The van der Waals surface area contributed by atoms with E-state index in [-0.39, 0.29) is 0 Å². The summed E-state index contributed by atoms with van der Waals surface area (Å²) < 4.78 is 26.9. The van der Waals surface area contributed by atoms with Crippen molar-refractivity contribution in [2.75, 3.05) is 19.6 Å². The van der Waals surface area contributed by atoms with E-state index in [4.69, 9.17) is 5.73 Å². The van der Waals surface area contributed by atoms with Gasteiger partial charge in [0.1, 0.15) is 0 Å². The van der Waals surface area contributed by atoms with Crippen LogP contribution >= 0.6 is 0 Å². The summed E-state index contributed by atoms with van der Waals surface area (Å²) in [4.78, 5) is 0.454. The summed E-state index contributed by atoms with van der Waals surface area (Å²) in [5, 5.41) is 0. The van der Waals surface area contributed by atoms with Gasteiger partial charge in [-0.2, -0.15) is 4.31 Å². The van der Waals surface area contributed by atoms with E-state index >= 15 is 0 Å². The zero-order valence-corrected chi connectivity index (χ0v) is 12.5. The van der Waals surface area contributed by atoms with E-state index < -0.39 is 10.0 Å². The van der Waals surface area contributed by atoms with Crippen molar-refractivity contribution in [2.24, 2.45) is 11.7 Å². The second-order valence-electron chi connectivity index (χ2n) is 5.89. The third kappa shape index (κ3) is 2.50. The molecule has 1 aliphatic heterocycles. The molecule has 1 aliphatic carbocycles. The molecule has 0 radical (unpaired) electrons. The predicted molar refractivity (Wildman–Crippen MR) is 79.0 cm³/mol. The maximum absolute atomic E-state index is 12.7. The van der Waals surface area contributed by atoms with Crippen molar-refractivity contribution in [1.82, 2.24) is 4.31 Å². The summed E-state index contributed by atoms with van der Waals surface area (Å²) in [6.45, 7) is 1.73. The van der Waals surface area contributed by atoms with Gasteiger partial charge >= 0.3 is 0 Å². The molecule has 2 aliphatic rings. The van der Waals surface area contributed by atoms with Gasteiger partial charge in [0, 0.05) is 13.1 Å². The van der Waals surface area contributed by atoms with Crippen LogP contribution in [0.2, 0.25) is 0 Å². The number of aryl methyl sites for hydroxylation is 2. The van der Waals surface area contributed by atoms with Crippen molar-refractivity contribution in [3.05, 3.63) is 29.3 Å². The highest BCUT2D eigenvalue weighted by Gasteiger charge is 2.32. The number of hydrogen-bond acceptors (Lipinski definition) is 3. The van der Waals surface area contributed by atoms with Crippen molar-refractivity contribution < 1.29 is 8.42 Å². The van der Waals surface area contributed by atoms with E-state index in [0.29, 0.717) is 30.4 Å². The molecule has 4 nitrogen and oxygen atoms in total. The molecule has 0 saturated carbocycles. The fraction of sp³-hybridized carbons (Fsp3) is 0.600. The van der Waals surface area contributed by atoms with E-state index in [0.717, 1.165) is 25.7 Å². The van der Waals surface area contributed by atoms with Crippen LogP contribution in [0.3, 0.4) is 0 Å². The van der Waals surface area contributed by atoms with Gasteiger partial charge in [-0.15, -0.1) is 0 Å². The zero-order valence-electron chi connectivity index (χ0n) is 11.7. The molecule has 20 heavy (non-hydrogen) atoms. The van der Waals surface area contributed by atoms with E-state index in [1.165, 1.54) is 17.5 Å². The molecule has 110 valence electrons. The number of nitrogens with zero attached hydrogens (tertiary/aromatic N) is 1. The van der Waals surface area contributed by atoms with Gasteiger partial charge in [0.25, 0.3) is 0 Å². The Morgan fingerprint density at radius 2 is 1.95 bits per heavy atom. The molecule has 0 amide bonds. The Morgan fingerprint density at radius 1 is 1.20 bits per heavy atom. The minimum absolute atomic E-state index is 0.308. The second kappa shape index (κ2) is 5.47. The average Bonchev–Trinajstić information content (AvgIpc) is 2.96. The van der Waals surface area contributed by atoms with Gasteiger partial charge in [-0.1, -0.05) is 6.07 Å². The standard InChI is InChI=1S/C15H22N2O2S/c16-10-12-7-8-17(11-12)20(18,19)15-6-5-13-3-1-2-4-14(13)9-15/h5-6,9,12H,1-4,7-8,10-11,16H2. The van der Waals surface area contributed by atoms with Crippen LogP contribution in [0.5, 0.6) is 0 Å². The number of nitrogens with two attached hydrogens (primary N) is 1. The van der Waals surface area contributed by atoms with E-state index in [1.54, 1.807) is 10.4 Å². The van der Waals surface area contributed by atoms with Gasteiger partial charge in [-0.3, -0.25) is 0 Å². The number of benzene rings is 1. The monoisotopic (exact) mass is 294 g/mol. The van der Waals surface area contributed by atoms with Crippen molar-refractivity contribution in [3.63, 3.8) is 0 Å². The molecule has 1 fully saturated rings. The Kier molecular flexibility index (Phi) is 3.84. The van der Waals surface area contributed by atoms with Crippen LogP contribution in [0.4, 0.5) is 0 Å². The minimum Gasteiger partial charge on any atom is -0.330 e. The van der Waals surface area contributed by atoms with Crippen LogP contribution in [-0.4, -0.2) is 32.4 Å². The van der Waals surface area contributed by atoms with Crippen LogP contribution in [0.25, 0.3) is 0 Å². The Hall–Kier alpha value is -0.910. The van der Waals surface area contributed by atoms with Gasteiger partial charge in [0.05, 0.1) is 4.90 Å². The Bertz CT molecular complexity index is 598. The van der Waals surface area contributed by atoms with Gasteiger partial charge in [0.2, 0.25) is 10.0 Å². The molecular formula is C15H22N2O2S. The molecule has 0 bridgehead atoms. The van der Waals surface area contributed by atoms with E-state index in [2.05, 4.69) is 0 Å². The zero-order chi connectivity index (χ0) is 14.2.